The van der Waals surface area contributed by atoms with E-state index in [4.69, 9.17) is 27.9 Å². The first-order valence-corrected chi connectivity index (χ1v) is 7.37. The molecule has 0 aliphatic heterocycles. The van der Waals surface area contributed by atoms with Crippen molar-refractivity contribution in [3.05, 3.63) is 42.8 Å². The van der Waals surface area contributed by atoms with E-state index < -0.39 is 4.92 Å². The molecule has 5 nitrogen and oxygen atoms in total. The van der Waals surface area contributed by atoms with Crippen molar-refractivity contribution in [1.82, 2.24) is 4.98 Å². The number of rotatable bonds is 4. The van der Waals surface area contributed by atoms with Crippen molar-refractivity contribution >= 4 is 56.2 Å². The summed E-state index contributed by atoms with van der Waals surface area (Å²) in [6.07, 6.45) is 0. The van der Waals surface area contributed by atoms with Crippen molar-refractivity contribution in [2.75, 3.05) is 0 Å². The van der Waals surface area contributed by atoms with Crippen LogP contribution in [0, 0.1) is 10.1 Å². The first-order valence-electron chi connectivity index (χ1n) is 4.85. The molecule has 0 N–H and O–H groups in total. The van der Waals surface area contributed by atoms with Gasteiger partial charge in [0.2, 0.25) is 0 Å². The zero-order chi connectivity index (χ0) is 14.0. The molecule has 1 aromatic carbocycles. The van der Waals surface area contributed by atoms with Crippen molar-refractivity contribution in [2.24, 2.45) is 0 Å². The van der Waals surface area contributed by atoms with Crippen LogP contribution in [0.1, 0.15) is 4.88 Å². The number of hydrogen-bond donors (Lipinski definition) is 0. The second-order valence-electron chi connectivity index (χ2n) is 3.28. The molecule has 2 rings (SSSR count). The standard InChI is InChI=1S/C10H5BrCl2N2O3S/c11-8-5(15(16)17)2-1-3-6(8)18-10-14-9(13)7(4-12)19-10/h1-3H,4H2. The summed E-state index contributed by atoms with van der Waals surface area (Å²) in [5.74, 6) is 0.524. The number of nitro benzene ring substituents is 1. The summed E-state index contributed by atoms with van der Waals surface area (Å²) < 4.78 is 5.73. The van der Waals surface area contributed by atoms with Crippen LogP contribution in [0.2, 0.25) is 5.15 Å². The summed E-state index contributed by atoms with van der Waals surface area (Å²) in [5.41, 5.74) is -0.0854. The van der Waals surface area contributed by atoms with Crippen molar-refractivity contribution < 1.29 is 9.66 Å². The lowest BCUT2D eigenvalue weighted by atomic mass is 10.3. The topological polar surface area (TPSA) is 65.3 Å². The normalized spacial score (nSPS) is 10.5. The van der Waals surface area contributed by atoms with Gasteiger partial charge in [-0.2, -0.15) is 4.98 Å². The second kappa shape index (κ2) is 6.04. The van der Waals surface area contributed by atoms with E-state index in [2.05, 4.69) is 20.9 Å². The van der Waals surface area contributed by atoms with E-state index in [9.17, 15) is 10.1 Å². The fraction of sp³-hybridized carbons (Fsp3) is 0.100. The number of nitrogens with zero attached hydrogens (tertiary/aromatic N) is 2. The molecule has 0 fully saturated rings. The van der Waals surface area contributed by atoms with Gasteiger partial charge >= 0.3 is 0 Å². The second-order valence-corrected chi connectivity index (χ2v) is 5.74. The number of alkyl halides is 1. The van der Waals surface area contributed by atoms with Crippen molar-refractivity contribution in [1.29, 1.82) is 0 Å². The van der Waals surface area contributed by atoms with Gasteiger partial charge in [0.25, 0.3) is 10.9 Å². The monoisotopic (exact) mass is 382 g/mol. The first-order chi connectivity index (χ1) is 9.02. The Bertz CT molecular complexity index is 635. The fourth-order valence-corrected chi connectivity index (χ4v) is 3.07. The predicted molar refractivity (Wildman–Crippen MR) is 77.6 cm³/mol. The van der Waals surface area contributed by atoms with Crippen molar-refractivity contribution in [2.45, 2.75) is 5.88 Å². The smallest absolute Gasteiger partial charge is 0.287 e. The van der Waals surface area contributed by atoms with Gasteiger partial charge in [-0.25, -0.2) is 0 Å². The molecule has 2 aromatic rings. The van der Waals surface area contributed by atoms with Gasteiger partial charge in [-0.3, -0.25) is 10.1 Å². The first kappa shape index (κ1) is 14.5. The van der Waals surface area contributed by atoms with Gasteiger partial charge in [0.15, 0.2) is 5.75 Å². The third-order valence-electron chi connectivity index (χ3n) is 2.09. The van der Waals surface area contributed by atoms with E-state index in [-0.39, 0.29) is 26.4 Å². The Kier molecular flexibility index (Phi) is 4.62. The molecule has 0 saturated heterocycles. The van der Waals surface area contributed by atoms with Crippen LogP contribution >= 0.6 is 50.5 Å². The van der Waals surface area contributed by atoms with Crippen LogP contribution < -0.4 is 4.74 Å². The molecule has 0 saturated carbocycles. The molecule has 0 spiro atoms. The molecule has 0 aliphatic carbocycles. The highest BCUT2D eigenvalue weighted by atomic mass is 79.9. The molecule has 1 heterocycles. The third kappa shape index (κ3) is 3.17. The number of nitro groups is 1. The molecule has 19 heavy (non-hydrogen) atoms. The number of hydrogen-bond acceptors (Lipinski definition) is 5. The zero-order valence-corrected chi connectivity index (χ0v) is 13.0. The fourth-order valence-electron chi connectivity index (χ4n) is 1.25. The minimum absolute atomic E-state index is 0.0854. The minimum Gasteiger partial charge on any atom is -0.429 e. The molecule has 1 aromatic heterocycles. The average molecular weight is 384 g/mol. The van der Waals surface area contributed by atoms with Gasteiger partial charge in [0.05, 0.1) is 15.7 Å². The lowest BCUT2D eigenvalue weighted by molar-refractivity contribution is -0.385. The van der Waals surface area contributed by atoms with Gasteiger partial charge in [0, 0.05) is 6.07 Å². The zero-order valence-electron chi connectivity index (χ0n) is 9.10. The maximum Gasteiger partial charge on any atom is 0.287 e. The molecule has 0 bridgehead atoms. The van der Waals surface area contributed by atoms with Gasteiger partial charge in [-0.15, -0.1) is 11.6 Å². The minimum atomic E-state index is -0.504. The van der Waals surface area contributed by atoms with E-state index in [0.717, 1.165) is 0 Å². The van der Waals surface area contributed by atoms with E-state index in [1.807, 2.05) is 0 Å². The van der Waals surface area contributed by atoms with Crippen molar-refractivity contribution in [3.63, 3.8) is 0 Å². The molecular weight excluding hydrogens is 379 g/mol. The quantitative estimate of drug-likeness (QED) is 0.423. The highest BCUT2D eigenvalue weighted by Gasteiger charge is 2.18. The van der Waals surface area contributed by atoms with Gasteiger partial charge < -0.3 is 4.74 Å². The van der Waals surface area contributed by atoms with Gasteiger partial charge in [-0.05, 0) is 22.0 Å². The Hall–Kier alpha value is -0.890. The predicted octanol–water partition coefficient (Wildman–Crippen LogP) is 5.00. The maximum atomic E-state index is 10.8. The van der Waals surface area contributed by atoms with E-state index >= 15 is 0 Å². The molecule has 100 valence electrons. The molecular formula is C10H5BrCl2N2O3S. The molecule has 0 aliphatic rings. The number of thiazole rings is 1. The van der Waals surface area contributed by atoms with Crippen LogP contribution in [0.4, 0.5) is 5.69 Å². The average Bonchev–Trinajstić information content (AvgIpc) is 2.71. The number of benzene rings is 1. The Morgan fingerprint density at radius 2 is 2.26 bits per heavy atom. The molecule has 0 radical (unpaired) electrons. The van der Waals surface area contributed by atoms with Crippen LogP contribution in [0.25, 0.3) is 0 Å². The molecule has 0 atom stereocenters. The number of aromatic nitrogens is 1. The largest absolute Gasteiger partial charge is 0.429 e. The van der Waals surface area contributed by atoms with Crippen LogP contribution in [-0.4, -0.2) is 9.91 Å². The van der Waals surface area contributed by atoms with E-state index in [1.165, 1.54) is 23.5 Å². The SMILES string of the molecule is O=[N+]([O-])c1cccc(Oc2nc(Cl)c(CCl)s2)c1Br. The summed E-state index contributed by atoms with van der Waals surface area (Å²) in [6, 6.07) is 4.48. The summed E-state index contributed by atoms with van der Waals surface area (Å²) >= 11 is 15.8. The molecule has 0 unspecified atom stereocenters. The summed E-state index contributed by atoms with van der Waals surface area (Å²) in [4.78, 5) is 15.0. The Morgan fingerprint density at radius 3 is 2.84 bits per heavy atom. The van der Waals surface area contributed by atoms with E-state index in [0.29, 0.717) is 10.6 Å². The van der Waals surface area contributed by atoms with Gasteiger partial charge in [0.1, 0.15) is 9.63 Å². The Morgan fingerprint density at radius 1 is 1.53 bits per heavy atom. The Labute approximate surface area is 130 Å². The number of ether oxygens (including phenoxy) is 1. The summed E-state index contributed by atoms with van der Waals surface area (Å²) in [7, 11) is 0. The van der Waals surface area contributed by atoms with Gasteiger partial charge in [-0.1, -0.05) is 29.0 Å². The molecule has 0 amide bonds. The Balaban J connectivity index is 2.33. The third-order valence-corrected chi connectivity index (χ3v) is 4.67. The summed E-state index contributed by atoms with van der Waals surface area (Å²) in [5, 5.41) is 11.4. The van der Waals surface area contributed by atoms with Crippen LogP contribution in [0.15, 0.2) is 22.7 Å². The highest BCUT2D eigenvalue weighted by molar-refractivity contribution is 9.10. The van der Waals surface area contributed by atoms with Crippen LogP contribution in [-0.2, 0) is 5.88 Å². The van der Waals surface area contributed by atoms with Crippen LogP contribution in [0.3, 0.4) is 0 Å². The molecule has 9 heteroatoms. The number of halogens is 3. The highest BCUT2D eigenvalue weighted by Crippen LogP contribution is 2.39. The van der Waals surface area contributed by atoms with E-state index in [1.54, 1.807) is 6.07 Å². The maximum absolute atomic E-state index is 10.8. The van der Waals surface area contributed by atoms with Crippen molar-refractivity contribution in [3.8, 4) is 10.9 Å². The lowest BCUT2D eigenvalue weighted by Gasteiger charge is -2.04. The lowest BCUT2D eigenvalue weighted by Crippen LogP contribution is -1.91. The summed E-state index contributed by atoms with van der Waals surface area (Å²) in [6.45, 7) is 0. The van der Waals surface area contributed by atoms with Crippen LogP contribution in [0.5, 0.6) is 10.9 Å².